The second kappa shape index (κ2) is 6.65. The Morgan fingerprint density at radius 2 is 2.15 bits per heavy atom. The van der Waals surface area contributed by atoms with Gasteiger partial charge in [-0.25, -0.2) is 13.1 Å². The molecule has 2 unspecified atom stereocenters. The highest BCUT2D eigenvalue weighted by atomic mass is 32.2. The van der Waals surface area contributed by atoms with Gasteiger partial charge < -0.3 is 5.73 Å². The monoisotopic (exact) mass is 297 g/mol. The van der Waals surface area contributed by atoms with E-state index in [4.69, 9.17) is 5.73 Å². The van der Waals surface area contributed by atoms with Crippen LogP contribution in [0, 0.1) is 11.8 Å². The first-order valence-electron chi connectivity index (χ1n) is 7.18. The van der Waals surface area contributed by atoms with Crippen molar-refractivity contribution in [3.63, 3.8) is 0 Å². The van der Waals surface area contributed by atoms with Gasteiger partial charge in [-0.3, -0.25) is 4.98 Å². The highest BCUT2D eigenvalue weighted by Gasteiger charge is 2.24. The second-order valence-electron chi connectivity index (χ2n) is 5.53. The molecule has 2 atom stereocenters. The van der Waals surface area contributed by atoms with Gasteiger partial charge in [0.15, 0.2) is 0 Å². The van der Waals surface area contributed by atoms with Gasteiger partial charge >= 0.3 is 0 Å². The normalized spacial score (nSPS) is 23.7. The molecule has 0 amide bonds. The van der Waals surface area contributed by atoms with Crippen LogP contribution in [0.15, 0.2) is 23.2 Å². The lowest BCUT2D eigenvalue weighted by atomic mass is 9.81. The summed E-state index contributed by atoms with van der Waals surface area (Å²) >= 11 is 0. The Hall–Kier alpha value is -0.980. The molecular formula is C14H23N3O2S. The zero-order valence-corrected chi connectivity index (χ0v) is 12.7. The molecule has 20 heavy (non-hydrogen) atoms. The molecule has 3 N–H and O–H groups in total. The van der Waals surface area contributed by atoms with E-state index in [2.05, 4.69) is 16.6 Å². The van der Waals surface area contributed by atoms with Gasteiger partial charge in [0.25, 0.3) is 0 Å². The Kier molecular flexibility index (Phi) is 5.12. The maximum Gasteiger partial charge on any atom is 0.242 e. The Morgan fingerprint density at radius 1 is 1.40 bits per heavy atom. The molecule has 2 rings (SSSR count). The fourth-order valence-corrected chi connectivity index (χ4v) is 4.10. The molecule has 1 aliphatic carbocycles. The van der Waals surface area contributed by atoms with Crippen molar-refractivity contribution < 1.29 is 8.42 Å². The third-order valence-corrected chi connectivity index (χ3v) is 5.65. The van der Waals surface area contributed by atoms with Gasteiger partial charge in [0, 0.05) is 19.3 Å². The van der Waals surface area contributed by atoms with Gasteiger partial charge in [-0.1, -0.05) is 26.2 Å². The molecule has 1 aliphatic rings. The highest BCUT2D eigenvalue weighted by molar-refractivity contribution is 7.89. The fraction of sp³-hybridized carbons (Fsp3) is 0.643. The summed E-state index contributed by atoms with van der Waals surface area (Å²) in [4.78, 5) is 4.23. The molecule has 1 heterocycles. The minimum Gasteiger partial charge on any atom is -0.325 e. The summed E-state index contributed by atoms with van der Waals surface area (Å²) in [6, 6.07) is 3.18. The summed E-state index contributed by atoms with van der Waals surface area (Å²) in [5, 5.41) is 0. The molecule has 1 aromatic heterocycles. The lowest BCUT2D eigenvalue weighted by Gasteiger charge is -2.28. The Morgan fingerprint density at radius 3 is 2.85 bits per heavy atom. The number of pyridine rings is 1. The number of hydrogen-bond acceptors (Lipinski definition) is 4. The van der Waals surface area contributed by atoms with Crippen molar-refractivity contribution in [2.45, 2.75) is 44.0 Å². The van der Waals surface area contributed by atoms with Crippen molar-refractivity contribution >= 4 is 10.0 Å². The van der Waals surface area contributed by atoms with Crippen LogP contribution in [0.3, 0.4) is 0 Å². The van der Waals surface area contributed by atoms with E-state index in [9.17, 15) is 8.42 Å². The van der Waals surface area contributed by atoms with E-state index < -0.39 is 10.0 Å². The van der Waals surface area contributed by atoms with E-state index >= 15 is 0 Å². The zero-order chi connectivity index (χ0) is 14.6. The molecule has 1 saturated carbocycles. The summed E-state index contributed by atoms with van der Waals surface area (Å²) in [7, 11) is -3.52. The second-order valence-corrected chi connectivity index (χ2v) is 7.26. The molecule has 0 bridgehead atoms. The molecule has 0 saturated heterocycles. The molecule has 0 radical (unpaired) electrons. The van der Waals surface area contributed by atoms with Crippen molar-refractivity contribution in [2.75, 3.05) is 6.54 Å². The van der Waals surface area contributed by atoms with Crippen molar-refractivity contribution in [1.29, 1.82) is 0 Å². The largest absolute Gasteiger partial charge is 0.325 e. The van der Waals surface area contributed by atoms with E-state index in [1.165, 1.54) is 19.3 Å². The van der Waals surface area contributed by atoms with Gasteiger partial charge in [0.05, 0.1) is 5.69 Å². The molecular weight excluding hydrogens is 274 g/mol. The van der Waals surface area contributed by atoms with Gasteiger partial charge in [0.1, 0.15) is 4.90 Å². The first kappa shape index (κ1) is 15.4. The predicted octanol–water partition coefficient (Wildman–Crippen LogP) is 1.64. The molecule has 0 aromatic carbocycles. The summed E-state index contributed by atoms with van der Waals surface area (Å²) in [5.74, 6) is 1.01. The minimum absolute atomic E-state index is 0.122. The van der Waals surface area contributed by atoms with Crippen LogP contribution in [-0.2, 0) is 16.6 Å². The number of nitrogens with one attached hydrogen (secondary N) is 1. The average molecular weight is 297 g/mol. The quantitative estimate of drug-likeness (QED) is 0.865. The number of rotatable bonds is 5. The van der Waals surface area contributed by atoms with Crippen LogP contribution in [0.25, 0.3) is 0 Å². The molecule has 0 spiro atoms. The number of hydrogen-bond donors (Lipinski definition) is 2. The van der Waals surface area contributed by atoms with E-state index in [0.29, 0.717) is 24.1 Å². The molecule has 1 aromatic rings. The van der Waals surface area contributed by atoms with Crippen LogP contribution >= 0.6 is 0 Å². The van der Waals surface area contributed by atoms with Crippen molar-refractivity contribution in [3.05, 3.63) is 24.0 Å². The van der Waals surface area contributed by atoms with Crippen LogP contribution in [0.1, 0.15) is 38.3 Å². The Labute approximate surface area is 121 Å². The van der Waals surface area contributed by atoms with E-state index in [0.717, 1.165) is 6.42 Å². The maximum absolute atomic E-state index is 12.4. The molecule has 6 heteroatoms. The topological polar surface area (TPSA) is 85.1 Å². The molecule has 0 aliphatic heterocycles. The minimum atomic E-state index is -3.52. The molecule has 1 fully saturated rings. The first-order valence-corrected chi connectivity index (χ1v) is 8.66. The van der Waals surface area contributed by atoms with Crippen LogP contribution in [0.4, 0.5) is 0 Å². The molecule has 5 nitrogen and oxygen atoms in total. The number of aromatic nitrogens is 1. The number of sulfonamides is 1. The summed E-state index contributed by atoms with van der Waals surface area (Å²) < 4.78 is 27.4. The number of nitrogens with two attached hydrogens (primary N) is 1. The third kappa shape index (κ3) is 3.56. The smallest absolute Gasteiger partial charge is 0.242 e. The van der Waals surface area contributed by atoms with E-state index in [1.807, 2.05) is 0 Å². The summed E-state index contributed by atoms with van der Waals surface area (Å²) in [6.45, 7) is 2.83. The lowest BCUT2D eigenvalue weighted by molar-refractivity contribution is 0.257. The van der Waals surface area contributed by atoms with Crippen LogP contribution in [0.2, 0.25) is 0 Å². The van der Waals surface area contributed by atoms with Crippen LogP contribution < -0.4 is 10.5 Å². The van der Waals surface area contributed by atoms with E-state index in [1.54, 1.807) is 18.3 Å². The standard InChI is InChI=1S/C14H23N3O2S/c1-11-5-2-3-6-12(11)10-17-20(18,19)14-7-4-8-16-13(14)9-15/h4,7-8,11-12,17H,2-3,5-6,9-10,15H2,1H3. The summed E-state index contributed by atoms with van der Waals surface area (Å²) in [6.07, 6.45) is 6.29. The fourth-order valence-electron chi connectivity index (χ4n) is 2.81. The Bertz CT molecular complexity index is 545. The predicted molar refractivity (Wildman–Crippen MR) is 78.4 cm³/mol. The van der Waals surface area contributed by atoms with Crippen molar-refractivity contribution in [2.24, 2.45) is 17.6 Å². The average Bonchev–Trinajstić information content (AvgIpc) is 2.46. The Balaban J connectivity index is 2.07. The van der Waals surface area contributed by atoms with Crippen molar-refractivity contribution in [1.82, 2.24) is 9.71 Å². The first-order chi connectivity index (χ1) is 9.54. The zero-order valence-electron chi connectivity index (χ0n) is 11.9. The molecule has 112 valence electrons. The summed E-state index contributed by atoms with van der Waals surface area (Å²) in [5.41, 5.74) is 5.97. The number of nitrogens with zero attached hydrogens (tertiary/aromatic N) is 1. The van der Waals surface area contributed by atoms with Gasteiger partial charge in [-0.05, 0) is 30.4 Å². The van der Waals surface area contributed by atoms with Gasteiger partial charge in [-0.2, -0.15) is 0 Å². The maximum atomic E-state index is 12.4. The third-order valence-electron chi connectivity index (χ3n) is 4.16. The highest BCUT2D eigenvalue weighted by Crippen LogP contribution is 2.29. The SMILES string of the molecule is CC1CCCCC1CNS(=O)(=O)c1cccnc1CN. The van der Waals surface area contributed by atoms with Crippen LogP contribution in [0.5, 0.6) is 0 Å². The van der Waals surface area contributed by atoms with E-state index in [-0.39, 0.29) is 11.4 Å². The van der Waals surface area contributed by atoms with Gasteiger partial charge in [0.2, 0.25) is 10.0 Å². The van der Waals surface area contributed by atoms with Crippen molar-refractivity contribution in [3.8, 4) is 0 Å². The lowest BCUT2D eigenvalue weighted by Crippen LogP contribution is -2.34. The van der Waals surface area contributed by atoms with Gasteiger partial charge in [-0.15, -0.1) is 0 Å². The van der Waals surface area contributed by atoms with Crippen LogP contribution in [-0.4, -0.2) is 19.9 Å².